The van der Waals surface area contributed by atoms with Gasteiger partial charge >= 0.3 is 17.9 Å². The first-order chi connectivity index (χ1) is 24.4. The molecule has 4 aromatic carbocycles. The van der Waals surface area contributed by atoms with Crippen molar-refractivity contribution in [1.82, 2.24) is 0 Å². The number of hydrogen-bond acceptors (Lipinski definition) is 10. The summed E-state index contributed by atoms with van der Waals surface area (Å²) in [5, 5.41) is 1.66. The van der Waals surface area contributed by atoms with E-state index in [4.69, 9.17) is 18.9 Å². The van der Waals surface area contributed by atoms with Gasteiger partial charge in [0.25, 0.3) is 0 Å². The minimum atomic E-state index is -1.01. The zero-order chi connectivity index (χ0) is 36.7. The first-order valence-electron chi connectivity index (χ1n) is 17.1. The van der Waals surface area contributed by atoms with Crippen LogP contribution >= 0.6 is 0 Å². The Morgan fingerprint density at radius 1 is 0.647 bits per heavy atom. The molecule has 0 fully saturated rings. The number of ether oxygens (including phenoxy) is 4. The minimum absolute atomic E-state index is 0.0647. The predicted molar refractivity (Wildman–Crippen MR) is 202 cm³/mol. The molecular weight excluding hydrogens is 646 g/mol. The van der Waals surface area contributed by atoms with Crippen molar-refractivity contribution in [2.45, 2.75) is 31.8 Å². The van der Waals surface area contributed by atoms with E-state index >= 15 is 0 Å². The maximum atomic E-state index is 13.7. The number of rotatable bonds is 14. The number of carbonyl (C=O) groups is 3. The SMILES string of the molecule is CCCOC(=O)CCC(=O)OCCOC(=O)c1cc2ccc(N(C)C)cc2c2c1C=CC(c1ccc(N(C)C)cc1)(c1ccc(N(C)C)cc1)O2. The predicted octanol–water partition coefficient (Wildman–Crippen LogP) is 6.82. The molecule has 1 aliphatic heterocycles. The molecular formula is C41H47N3O7. The second-order valence-corrected chi connectivity index (χ2v) is 13.1. The second-order valence-electron chi connectivity index (χ2n) is 13.1. The smallest absolute Gasteiger partial charge is 0.339 e. The van der Waals surface area contributed by atoms with Crippen LogP contribution in [0.3, 0.4) is 0 Å². The van der Waals surface area contributed by atoms with E-state index in [0.29, 0.717) is 29.9 Å². The Kier molecular flexibility index (Phi) is 11.5. The molecule has 51 heavy (non-hydrogen) atoms. The third-order valence-corrected chi connectivity index (χ3v) is 8.81. The Bertz CT molecular complexity index is 1850. The number of benzene rings is 4. The van der Waals surface area contributed by atoms with Crippen molar-refractivity contribution in [1.29, 1.82) is 0 Å². The summed E-state index contributed by atoms with van der Waals surface area (Å²) in [5.41, 5.74) is 4.87. The molecule has 1 aliphatic rings. The quantitative estimate of drug-likeness (QED) is 0.0795. The molecule has 0 aliphatic carbocycles. The Balaban J connectivity index is 1.49. The highest BCUT2D eigenvalue weighted by Gasteiger charge is 2.39. The summed E-state index contributed by atoms with van der Waals surface area (Å²) >= 11 is 0. The Hall–Kier alpha value is -5.51. The van der Waals surface area contributed by atoms with Gasteiger partial charge in [-0.2, -0.15) is 0 Å². The molecule has 0 amide bonds. The molecule has 0 bridgehead atoms. The standard InChI is InChI=1S/C41H47N3O7/c1-8-23-48-37(45)19-20-38(46)49-24-25-50-40(47)36-26-28-9-14-33(44(6)7)27-35(28)39-34(36)21-22-41(51-39,29-10-15-31(16-11-29)42(2)3)30-12-17-32(18-13-30)43(4)5/h9-18,21-22,26-27H,8,19-20,23-25H2,1-7H3. The summed E-state index contributed by atoms with van der Waals surface area (Å²) < 4.78 is 23.0. The van der Waals surface area contributed by atoms with Crippen LogP contribution in [-0.2, 0) is 29.4 Å². The van der Waals surface area contributed by atoms with Gasteiger partial charge in [0.1, 0.15) is 19.0 Å². The van der Waals surface area contributed by atoms with Crippen LogP contribution in [0.25, 0.3) is 16.8 Å². The number of hydrogen-bond donors (Lipinski definition) is 0. The molecule has 0 radical (unpaired) electrons. The molecule has 0 spiro atoms. The summed E-state index contributed by atoms with van der Waals surface area (Å²) in [4.78, 5) is 43.6. The van der Waals surface area contributed by atoms with Gasteiger partial charge in [-0.25, -0.2) is 4.79 Å². The Morgan fingerprint density at radius 2 is 1.16 bits per heavy atom. The lowest BCUT2D eigenvalue weighted by Gasteiger charge is -2.37. The highest BCUT2D eigenvalue weighted by Crippen LogP contribution is 2.47. The molecule has 0 saturated heterocycles. The molecule has 10 nitrogen and oxygen atoms in total. The van der Waals surface area contributed by atoms with Crippen LogP contribution in [0.4, 0.5) is 17.1 Å². The maximum Gasteiger partial charge on any atom is 0.339 e. The maximum absolute atomic E-state index is 13.7. The number of fused-ring (bicyclic) bond motifs is 3. The van der Waals surface area contributed by atoms with Gasteiger partial charge in [-0.1, -0.05) is 37.3 Å². The second kappa shape index (κ2) is 16.0. The van der Waals surface area contributed by atoms with E-state index in [1.165, 1.54) is 0 Å². The van der Waals surface area contributed by atoms with Gasteiger partial charge in [0.15, 0.2) is 5.60 Å². The van der Waals surface area contributed by atoms with Crippen molar-refractivity contribution in [2.24, 2.45) is 0 Å². The fourth-order valence-electron chi connectivity index (χ4n) is 5.91. The largest absolute Gasteiger partial charge is 0.472 e. The van der Waals surface area contributed by atoms with E-state index in [0.717, 1.165) is 39.0 Å². The fraction of sp³-hybridized carbons (Fsp3) is 0.341. The monoisotopic (exact) mass is 693 g/mol. The van der Waals surface area contributed by atoms with Crippen LogP contribution in [0, 0.1) is 0 Å². The zero-order valence-corrected chi connectivity index (χ0v) is 30.5. The number of anilines is 3. The number of nitrogens with zero attached hydrogens (tertiary/aromatic N) is 3. The topological polar surface area (TPSA) is 97.8 Å². The van der Waals surface area contributed by atoms with Crippen molar-refractivity contribution in [3.05, 3.63) is 101 Å². The molecule has 0 N–H and O–H groups in total. The van der Waals surface area contributed by atoms with E-state index in [-0.39, 0.29) is 26.1 Å². The molecule has 0 saturated carbocycles. The van der Waals surface area contributed by atoms with Gasteiger partial charge in [0, 0.05) is 81.4 Å². The molecule has 0 atom stereocenters. The normalized spacial score (nSPS) is 12.8. The van der Waals surface area contributed by atoms with E-state index < -0.39 is 23.5 Å². The molecule has 10 heteroatoms. The highest BCUT2D eigenvalue weighted by atomic mass is 16.6. The molecule has 5 rings (SSSR count). The van der Waals surface area contributed by atoms with Crippen LogP contribution in [0.5, 0.6) is 5.75 Å². The average Bonchev–Trinajstić information content (AvgIpc) is 3.13. The van der Waals surface area contributed by atoms with Crippen LogP contribution in [-0.4, -0.2) is 80.0 Å². The lowest BCUT2D eigenvalue weighted by molar-refractivity contribution is -0.150. The summed E-state index contributed by atoms with van der Waals surface area (Å²) in [5.74, 6) is -1.03. The van der Waals surface area contributed by atoms with E-state index in [2.05, 4.69) is 64.4 Å². The molecule has 1 heterocycles. The van der Waals surface area contributed by atoms with Crippen molar-refractivity contribution in [3.63, 3.8) is 0 Å². The van der Waals surface area contributed by atoms with Crippen LogP contribution in [0.1, 0.15) is 53.2 Å². The van der Waals surface area contributed by atoms with E-state index in [1.54, 1.807) is 0 Å². The first kappa shape index (κ1) is 36.8. The minimum Gasteiger partial charge on any atom is -0.472 e. The van der Waals surface area contributed by atoms with Gasteiger partial charge in [0.05, 0.1) is 25.0 Å². The van der Waals surface area contributed by atoms with Gasteiger partial charge in [0.2, 0.25) is 0 Å². The molecule has 268 valence electrons. The number of carbonyl (C=O) groups excluding carboxylic acids is 3. The third kappa shape index (κ3) is 8.28. The van der Waals surface area contributed by atoms with Gasteiger partial charge in [-0.3, -0.25) is 9.59 Å². The first-order valence-corrected chi connectivity index (χ1v) is 17.1. The fourth-order valence-corrected chi connectivity index (χ4v) is 5.91. The van der Waals surface area contributed by atoms with Crippen LogP contribution in [0.2, 0.25) is 0 Å². The summed E-state index contributed by atoms with van der Waals surface area (Å²) in [6.07, 6.45) is 4.47. The average molecular weight is 694 g/mol. The summed E-state index contributed by atoms with van der Waals surface area (Å²) in [6, 6.07) is 24.4. The van der Waals surface area contributed by atoms with Crippen molar-refractivity contribution >= 4 is 51.8 Å². The zero-order valence-electron chi connectivity index (χ0n) is 30.5. The highest BCUT2D eigenvalue weighted by molar-refractivity contribution is 6.04. The van der Waals surface area contributed by atoms with Gasteiger partial charge < -0.3 is 33.6 Å². The Morgan fingerprint density at radius 3 is 1.69 bits per heavy atom. The van der Waals surface area contributed by atoms with Gasteiger partial charge in [-0.05, 0) is 66.4 Å². The van der Waals surface area contributed by atoms with E-state index in [1.807, 2.05) is 84.5 Å². The summed E-state index contributed by atoms with van der Waals surface area (Å²) in [6.45, 7) is 1.92. The van der Waals surface area contributed by atoms with Crippen molar-refractivity contribution in [2.75, 3.05) is 76.8 Å². The van der Waals surface area contributed by atoms with Crippen LogP contribution < -0.4 is 19.4 Å². The molecule has 4 aromatic rings. The van der Waals surface area contributed by atoms with Gasteiger partial charge in [-0.15, -0.1) is 0 Å². The summed E-state index contributed by atoms with van der Waals surface area (Å²) in [7, 11) is 12.0. The molecule has 0 aromatic heterocycles. The molecule has 0 unspecified atom stereocenters. The Labute approximate surface area is 300 Å². The van der Waals surface area contributed by atoms with E-state index in [9.17, 15) is 14.4 Å². The van der Waals surface area contributed by atoms with Crippen molar-refractivity contribution < 1.29 is 33.3 Å². The lowest BCUT2D eigenvalue weighted by atomic mass is 9.82. The van der Waals surface area contributed by atoms with Crippen LogP contribution in [0.15, 0.2) is 78.9 Å². The lowest BCUT2D eigenvalue weighted by Crippen LogP contribution is -2.35. The van der Waals surface area contributed by atoms with Crippen molar-refractivity contribution in [3.8, 4) is 5.75 Å². The number of esters is 3. The third-order valence-electron chi connectivity index (χ3n) is 8.81.